The second-order valence-corrected chi connectivity index (χ2v) is 16.0. The van der Waals surface area contributed by atoms with Crippen molar-refractivity contribution in [2.45, 2.75) is 55.5 Å². The molecule has 8 unspecified atom stereocenters. The highest BCUT2D eigenvalue weighted by Gasteiger charge is 2.70. The van der Waals surface area contributed by atoms with Crippen LogP contribution in [0, 0.1) is 35.5 Å². The minimum absolute atomic E-state index is 0.000650. The van der Waals surface area contributed by atoms with Gasteiger partial charge in [-0.25, -0.2) is 4.79 Å². The van der Waals surface area contributed by atoms with Gasteiger partial charge in [-0.15, -0.1) is 11.8 Å². The Hall–Kier alpha value is -2.99. The zero-order valence-corrected chi connectivity index (χ0v) is 28.3. The van der Waals surface area contributed by atoms with Crippen molar-refractivity contribution in [3.05, 3.63) is 72.1 Å². The fraction of sp³-hybridized carbons (Fsp3) is 0.455. The summed E-state index contributed by atoms with van der Waals surface area (Å²) in [6.07, 6.45) is 0.920. The van der Waals surface area contributed by atoms with Crippen LogP contribution < -0.4 is 14.3 Å². The summed E-state index contributed by atoms with van der Waals surface area (Å²) in [4.78, 5) is 57.6. The molecule has 2 aliphatic heterocycles. The number of benzene rings is 2. The predicted octanol–water partition coefficient (Wildman–Crippen LogP) is 6.30. The molecule has 2 saturated carbocycles. The molecule has 8 atom stereocenters. The first-order chi connectivity index (χ1) is 22.0. The molecule has 2 bridgehead atoms. The van der Waals surface area contributed by atoms with Gasteiger partial charge in [0.1, 0.15) is 12.6 Å². The third-order valence-corrected chi connectivity index (χ3v) is 13.2. The molecular formula is C33H32Cl2N2O7S2. The topological polar surface area (TPSA) is 126 Å². The summed E-state index contributed by atoms with van der Waals surface area (Å²) in [5, 5.41) is 11.8. The molecule has 2 aliphatic carbocycles. The van der Waals surface area contributed by atoms with Crippen molar-refractivity contribution in [3.8, 4) is 11.5 Å². The molecule has 242 valence electrons. The quantitative estimate of drug-likeness (QED) is 0.249. The number of imide groups is 1. The average molecular weight is 704 g/mol. The largest absolute Gasteiger partial charge is 0.493 e. The maximum absolute atomic E-state index is 14.0. The Labute approximate surface area is 283 Å². The number of hydrogen-bond acceptors (Lipinski definition) is 8. The molecular weight excluding hydrogens is 671 g/mol. The van der Waals surface area contributed by atoms with Crippen molar-refractivity contribution in [2.24, 2.45) is 35.5 Å². The summed E-state index contributed by atoms with van der Waals surface area (Å²) >= 11 is 15.1. The van der Waals surface area contributed by atoms with Crippen LogP contribution in [0.3, 0.4) is 0 Å². The standard InChI is InChI=1S/C33H32Cl2N2O7S2/c1-13(2)8-20(32(40)41)37-30(38)25-17-11-18(26(25)31(37)39)27-24(17)23(28-29(45-27)36-33(42)46-28)14-5-7-21(22(9-14)43-3)44-12-15-4-6-16(34)10-19(15)35/h4-7,9-10,13,17-18,20,23-27H,8,11-12H2,1-3H3,(H,36,42)(H,40,41). The number of aromatic amines is 1. The van der Waals surface area contributed by atoms with Gasteiger partial charge < -0.3 is 19.6 Å². The maximum atomic E-state index is 14.0. The molecule has 3 heterocycles. The van der Waals surface area contributed by atoms with E-state index in [1.165, 1.54) is 11.3 Å². The monoisotopic (exact) mass is 702 g/mol. The van der Waals surface area contributed by atoms with E-state index in [0.29, 0.717) is 28.0 Å². The van der Waals surface area contributed by atoms with Crippen LogP contribution in [0.15, 0.2) is 46.2 Å². The summed E-state index contributed by atoms with van der Waals surface area (Å²) in [6, 6.07) is 9.77. The molecule has 9 nitrogen and oxygen atoms in total. The molecule has 46 heavy (non-hydrogen) atoms. The molecule has 7 rings (SSSR count). The Bertz CT molecular complexity index is 1810. The fourth-order valence-corrected chi connectivity index (χ4v) is 11.6. The van der Waals surface area contributed by atoms with E-state index in [-0.39, 0.29) is 64.6 Å². The number of nitrogens with one attached hydrogen (secondary N) is 1. The van der Waals surface area contributed by atoms with E-state index in [0.717, 1.165) is 25.9 Å². The average Bonchev–Trinajstić information content (AvgIpc) is 3.74. The number of likely N-dealkylation sites (tertiary alicyclic amines) is 1. The number of thioether (sulfide) groups is 1. The number of H-pyrrole nitrogens is 1. The number of rotatable bonds is 9. The smallest absolute Gasteiger partial charge is 0.326 e. The summed E-state index contributed by atoms with van der Waals surface area (Å²) in [5.74, 6) is -2.46. The van der Waals surface area contributed by atoms with Gasteiger partial charge in [-0.1, -0.05) is 60.5 Å². The minimum Gasteiger partial charge on any atom is -0.493 e. The van der Waals surface area contributed by atoms with Gasteiger partial charge in [0.2, 0.25) is 11.8 Å². The lowest BCUT2D eigenvalue weighted by Gasteiger charge is -2.43. The molecule has 4 aliphatic rings. The zero-order valence-electron chi connectivity index (χ0n) is 25.2. The lowest BCUT2D eigenvalue weighted by atomic mass is 9.68. The number of aromatic nitrogens is 1. The van der Waals surface area contributed by atoms with E-state index in [2.05, 4.69) is 4.98 Å². The zero-order chi connectivity index (χ0) is 32.6. The van der Waals surface area contributed by atoms with Crippen LogP contribution in [-0.2, 0) is 21.0 Å². The Morgan fingerprint density at radius 2 is 1.80 bits per heavy atom. The van der Waals surface area contributed by atoms with Crippen molar-refractivity contribution in [1.82, 2.24) is 9.88 Å². The van der Waals surface area contributed by atoms with E-state index < -0.39 is 23.8 Å². The lowest BCUT2D eigenvalue weighted by molar-refractivity contribution is -0.156. The van der Waals surface area contributed by atoms with Crippen LogP contribution in [0.5, 0.6) is 11.5 Å². The highest BCUT2D eigenvalue weighted by atomic mass is 35.5. The number of carboxylic acid groups (broad SMARTS) is 1. The molecule has 3 fully saturated rings. The van der Waals surface area contributed by atoms with Gasteiger partial charge in [0.25, 0.3) is 0 Å². The number of carbonyl (C=O) groups excluding carboxylic acids is 2. The highest BCUT2D eigenvalue weighted by molar-refractivity contribution is 8.00. The number of nitrogens with zero attached hydrogens (tertiary/aromatic N) is 1. The summed E-state index contributed by atoms with van der Waals surface area (Å²) in [5.41, 5.74) is 1.69. The molecule has 0 radical (unpaired) electrons. The molecule has 1 saturated heterocycles. The predicted molar refractivity (Wildman–Crippen MR) is 175 cm³/mol. The molecule has 2 N–H and O–H groups in total. The number of amides is 2. The number of fused-ring (bicyclic) bond motifs is 9. The van der Waals surface area contributed by atoms with Crippen LogP contribution in [-0.4, -0.2) is 51.2 Å². The molecule has 13 heteroatoms. The van der Waals surface area contributed by atoms with Crippen molar-refractivity contribution in [2.75, 3.05) is 7.11 Å². The van der Waals surface area contributed by atoms with Crippen molar-refractivity contribution >= 4 is 64.1 Å². The Kier molecular flexibility index (Phi) is 8.18. The number of carbonyl (C=O) groups is 3. The number of methoxy groups -OCH3 is 1. The van der Waals surface area contributed by atoms with E-state index in [1.807, 2.05) is 32.0 Å². The summed E-state index contributed by atoms with van der Waals surface area (Å²) in [7, 11) is 1.57. The van der Waals surface area contributed by atoms with Gasteiger partial charge in [-0.2, -0.15) is 0 Å². The summed E-state index contributed by atoms with van der Waals surface area (Å²) < 4.78 is 11.9. The van der Waals surface area contributed by atoms with E-state index in [4.69, 9.17) is 32.7 Å². The van der Waals surface area contributed by atoms with Gasteiger partial charge in [0.15, 0.2) is 11.5 Å². The van der Waals surface area contributed by atoms with Crippen LogP contribution >= 0.6 is 46.3 Å². The van der Waals surface area contributed by atoms with Gasteiger partial charge in [-0.05, 0) is 66.3 Å². The molecule has 0 spiro atoms. The van der Waals surface area contributed by atoms with Gasteiger partial charge in [-0.3, -0.25) is 19.3 Å². The second-order valence-electron chi connectivity index (χ2n) is 12.9. The minimum atomic E-state index is -1.17. The number of hydrogen-bond donors (Lipinski definition) is 2. The number of halogens is 2. The van der Waals surface area contributed by atoms with Crippen molar-refractivity contribution < 1.29 is 29.0 Å². The second kappa shape index (κ2) is 11.9. The number of thiazole rings is 1. The number of carboxylic acids is 1. The number of aliphatic carboxylic acids is 1. The van der Waals surface area contributed by atoms with Crippen molar-refractivity contribution in [3.63, 3.8) is 0 Å². The van der Waals surface area contributed by atoms with Gasteiger partial charge >= 0.3 is 10.8 Å². The van der Waals surface area contributed by atoms with E-state index >= 15 is 0 Å². The first-order valence-electron chi connectivity index (χ1n) is 15.2. The fourth-order valence-electron chi connectivity index (χ4n) is 8.27. The molecule has 3 aromatic rings. The van der Waals surface area contributed by atoms with Crippen molar-refractivity contribution in [1.29, 1.82) is 0 Å². The van der Waals surface area contributed by atoms with Crippen LogP contribution in [0.2, 0.25) is 10.0 Å². The Morgan fingerprint density at radius 3 is 2.48 bits per heavy atom. The molecule has 1 aromatic heterocycles. The Balaban J connectivity index is 1.23. The van der Waals surface area contributed by atoms with Crippen LogP contribution in [0.1, 0.15) is 48.6 Å². The molecule has 2 amide bonds. The maximum Gasteiger partial charge on any atom is 0.326 e. The third kappa shape index (κ3) is 5.05. The number of ether oxygens (including phenoxy) is 2. The van der Waals surface area contributed by atoms with Crippen LogP contribution in [0.25, 0.3) is 0 Å². The first-order valence-corrected chi connectivity index (χ1v) is 17.7. The third-order valence-electron chi connectivity index (χ3n) is 9.99. The normalized spacial score (nSPS) is 28.3. The van der Waals surface area contributed by atoms with Crippen LogP contribution in [0.4, 0.5) is 0 Å². The Morgan fingerprint density at radius 1 is 1.07 bits per heavy atom. The van der Waals surface area contributed by atoms with E-state index in [9.17, 15) is 24.3 Å². The molecule has 2 aromatic carbocycles. The highest BCUT2D eigenvalue weighted by Crippen LogP contribution is 2.68. The van der Waals surface area contributed by atoms with Gasteiger partial charge in [0, 0.05) is 31.7 Å². The van der Waals surface area contributed by atoms with Gasteiger partial charge in [0.05, 0.1) is 24.0 Å². The lowest BCUT2D eigenvalue weighted by Crippen LogP contribution is -2.47. The SMILES string of the molecule is COc1cc(C2c3sc(=O)[nH]c3SC3C4CC(C5C(=O)N(C(CC(C)C)C(=O)O)C(=O)C45)C23)ccc1OCc1ccc(Cl)cc1Cl. The summed E-state index contributed by atoms with van der Waals surface area (Å²) in [6.45, 7) is 3.98. The first kappa shape index (κ1) is 31.6. The van der Waals surface area contributed by atoms with E-state index in [1.54, 1.807) is 37.1 Å².